The van der Waals surface area contributed by atoms with E-state index >= 15 is 0 Å². The largest absolute Gasteiger partial charge is 0.497 e. The standard InChI is InChI=1S/C18H29NO2/c1-21-18-9-5-8-16(12-18)13-19-14-17(20)11-10-15-6-3-2-4-7-15/h5,8-9,12,15,17,19-20H,2-4,6-7,10-11,13-14H2,1H3/t17-/m1/s1. The molecule has 3 nitrogen and oxygen atoms in total. The molecule has 0 aliphatic heterocycles. The van der Waals surface area contributed by atoms with E-state index < -0.39 is 0 Å². The van der Waals surface area contributed by atoms with E-state index in [-0.39, 0.29) is 6.10 Å². The van der Waals surface area contributed by atoms with Crippen molar-refractivity contribution >= 4 is 0 Å². The first-order valence-corrected chi connectivity index (χ1v) is 8.29. The minimum absolute atomic E-state index is 0.225. The molecule has 3 heteroatoms. The molecule has 1 atom stereocenters. The SMILES string of the molecule is COc1cccc(CNC[C@H](O)CCC2CCCCC2)c1. The summed E-state index contributed by atoms with van der Waals surface area (Å²) in [5.41, 5.74) is 1.19. The van der Waals surface area contributed by atoms with Gasteiger partial charge in [-0.05, 0) is 36.5 Å². The van der Waals surface area contributed by atoms with Crippen LogP contribution in [0.3, 0.4) is 0 Å². The second-order valence-corrected chi connectivity index (χ2v) is 6.22. The highest BCUT2D eigenvalue weighted by molar-refractivity contribution is 5.28. The van der Waals surface area contributed by atoms with Crippen LogP contribution in [0.5, 0.6) is 5.75 Å². The van der Waals surface area contributed by atoms with Crippen LogP contribution >= 0.6 is 0 Å². The van der Waals surface area contributed by atoms with Crippen LogP contribution in [0, 0.1) is 5.92 Å². The molecule has 1 aliphatic carbocycles. The van der Waals surface area contributed by atoms with Crippen LogP contribution in [0.25, 0.3) is 0 Å². The number of hydrogen-bond donors (Lipinski definition) is 2. The minimum Gasteiger partial charge on any atom is -0.497 e. The van der Waals surface area contributed by atoms with E-state index in [0.717, 1.165) is 24.6 Å². The Balaban J connectivity index is 1.60. The molecule has 2 rings (SSSR count). The normalized spacial score (nSPS) is 17.6. The molecule has 0 heterocycles. The fraction of sp³-hybridized carbons (Fsp3) is 0.667. The van der Waals surface area contributed by atoms with Crippen LogP contribution in [0.1, 0.15) is 50.5 Å². The summed E-state index contributed by atoms with van der Waals surface area (Å²) in [7, 11) is 1.68. The Labute approximate surface area is 128 Å². The van der Waals surface area contributed by atoms with E-state index in [1.54, 1.807) is 7.11 Å². The number of rotatable bonds is 8. The monoisotopic (exact) mass is 291 g/mol. The first-order valence-electron chi connectivity index (χ1n) is 8.29. The second kappa shape index (κ2) is 9.06. The summed E-state index contributed by atoms with van der Waals surface area (Å²) < 4.78 is 5.21. The van der Waals surface area contributed by atoms with E-state index in [4.69, 9.17) is 4.74 Å². The van der Waals surface area contributed by atoms with Crippen LogP contribution < -0.4 is 10.1 Å². The Hall–Kier alpha value is -1.06. The fourth-order valence-electron chi connectivity index (χ4n) is 3.17. The quantitative estimate of drug-likeness (QED) is 0.770. The van der Waals surface area contributed by atoms with Crippen molar-refractivity contribution in [1.29, 1.82) is 0 Å². The first kappa shape index (κ1) is 16.3. The highest BCUT2D eigenvalue weighted by Crippen LogP contribution is 2.27. The summed E-state index contributed by atoms with van der Waals surface area (Å²) in [4.78, 5) is 0. The van der Waals surface area contributed by atoms with Crippen molar-refractivity contribution in [3.8, 4) is 5.75 Å². The van der Waals surface area contributed by atoms with Gasteiger partial charge in [0.1, 0.15) is 5.75 Å². The van der Waals surface area contributed by atoms with Gasteiger partial charge in [-0.3, -0.25) is 0 Å². The molecule has 0 unspecified atom stereocenters. The van der Waals surface area contributed by atoms with Crippen molar-refractivity contribution in [2.45, 2.75) is 57.6 Å². The van der Waals surface area contributed by atoms with Gasteiger partial charge in [-0.1, -0.05) is 44.2 Å². The zero-order chi connectivity index (χ0) is 14.9. The number of methoxy groups -OCH3 is 1. The van der Waals surface area contributed by atoms with Gasteiger partial charge in [0.15, 0.2) is 0 Å². The maximum Gasteiger partial charge on any atom is 0.119 e. The van der Waals surface area contributed by atoms with Crippen molar-refractivity contribution in [2.75, 3.05) is 13.7 Å². The molecule has 0 aromatic heterocycles. The number of benzene rings is 1. The predicted molar refractivity (Wildman–Crippen MR) is 86.5 cm³/mol. The van der Waals surface area contributed by atoms with Gasteiger partial charge in [0.25, 0.3) is 0 Å². The summed E-state index contributed by atoms with van der Waals surface area (Å²) in [5.74, 6) is 1.74. The third-order valence-corrected chi connectivity index (χ3v) is 4.48. The lowest BCUT2D eigenvalue weighted by Crippen LogP contribution is -2.27. The van der Waals surface area contributed by atoms with E-state index in [9.17, 15) is 5.11 Å². The molecule has 0 spiro atoms. The summed E-state index contributed by atoms with van der Waals surface area (Å²) in [6, 6.07) is 8.04. The van der Waals surface area contributed by atoms with Crippen molar-refractivity contribution in [1.82, 2.24) is 5.32 Å². The van der Waals surface area contributed by atoms with Crippen molar-refractivity contribution < 1.29 is 9.84 Å². The molecule has 21 heavy (non-hydrogen) atoms. The van der Waals surface area contributed by atoms with Crippen molar-refractivity contribution in [3.05, 3.63) is 29.8 Å². The third kappa shape index (κ3) is 6.06. The Morgan fingerprint density at radius 2 is 2.10 bits per heavy atom. The highest BCUT2D eigenvalue weighted by atomic mass is 16.5. The van der Waals surface area contributed by atoms with Crippen LogP contribution in [0.2, 0.25) is 0 Å². The molecule has 118 valence electrons. The number of ether oxygens (including phenoxy) is 1. The topological polar surface area (TPSA) is 41.5 Å². The van der Waals surface area contributed by atoms with Crippen LogP contribution in [-0.4, -0.2) is 24.9 Å². The van der Waals surface area contributed by atoms with Gasteiger partial charge < -0.3 is 15.2 Å². The molecular formula is C18H29NO2. The van der Waals surface area contributed by atoms with Crippen molar-refractivity contribution in [2.24, 2.45) is 5.92 Å². The summed E-state index contributed by atoms with van der Waals surface area (Å²) in [6.45, 7) is 1.45. The van der Waals surface area contributed by atoms with Gasteiger partial charge in [0, 0.05) is 13.1 Å². The summed E-state index contributed by atoms with van der Waals surface area (Å²) >= 11 is 0. The average Bonchev–Trinajstić information content (AvgIpc) is 2.54. The molecule has 0 saturated heterocycles. The third-order valence-electron chi connectivity index (χ3n) is 4.48. The maximum absolute atomic E-state index is 10.1. The lowest BCUT2D eigenvalue weighted by atomic mass is 9.85. The number of aliphatic hydroxyl groups is 1. The van der Waals surface area contributed by atoms with E-state index in [1.807, 2.05) is 18.2 Å². The van der Waals surface area contributed by atoms with Gasteiger partial charge in [-0.2, -0.15) is 0 Å². The van der Waals surface area contributed by atoms with E-state index in [1.165, 1.54) is 44.1 Å². The number of aliphatic hydroxyl groups excluding tert-OH is 1. The van der Waals surface area contributed by atoms with Gasteiger partial charge >= 0.3 is 0 Å². The molecular weight excluding hydrogens is 262 g/mol. The van der Waals surface area contributed by atoms with Crippen LogP contribution in [0.15, 0.2) is 24.3 Å². The summed E-state index contributed by atoms with van der Waals surface area (Å²) in [5, 5.41) is 13.4. The zero-order valence-corrected chi connectivity index (χ0v) is 13.2. The molecule has 0 bridgehead atoms. The van der Waals surface area contributed by atoms with Gasteiger partial charge in [0.05, 0.1) is 13.2 Å². The average molecular weight is 291 g/mol. The smallest absolute Gasteiger partial charge is 0.119 e. The fourth-order valence-corrected chi connectivity index (χ4v) is 3.17. The lowest BCUT2D eigenvalue weighted by Gasteiger charge is -2.22. The van der Waals surface area contributed by atoms with Gasteiger partial charge in [0.2, 0.25) is 0 Å². The molecule has 0 radical (unpaired) electrons. The molecule has 2 N–H and O–H groups in total. The summed E-state index contributed by atoms with van der Waals surface area (Å²) in [6.07, 6.45) is 8.79. The Kier molecular flexibility index (Phi) is 7.04. The maximum atomic E-state index is 10.1. The molecule has 0 amide bonds. The molecule has 1 saturated carbocycles. The van der Waals surface area contributed by atoms with E-state index in [2.05, 4.69) is 11.4 Å². The Morgan fingerprint density at radius 3 is 2.86 bits per heavy atom. The second-order valence-electron chi connectivity index (χ2n) is 6.22. The predicted octanol–water partition coefficient (Wildman–Crippen LogP) is 3.51. The van der Waals surface area contributed by atoms with Gasteiger partial charge in [-0.25, -0.2) is 0 Å². The Morgan fingerprint density at radius 1 is 1.29 bits per heavy atom. The first-order chi connectivity index (χ1) is 10.3. The number of hydrogen-bond acceptors (Lipinski definition) is 3. The van der Waals surface area contributed by atoms with Crippen LogP contribution in [-0.2, 0) is 6.54 Å². The number of nitrogens with one attached hydrogen (secondary N) is 1. The molecule has 1 fully saturated rings. The molecule has 1 aliphatic rings. The zero-order valence-electron chi connectivity index (χ0n) is 13.2. The van der Waals surface area contributed by atoms with Crippen molar-refractivity contribution in [3.63, 3.8) is 0 Å². The Bertz CT molecular complexity index is 402. The lowest BCUT2D eigenvalue weighted by molar-refractivity contribution is 0.146. The highest BCUT2D eigenvalue weighted by Gasteiger charge is 2.14. The van der Waals surface area contributed by atoms with Crippen LogP contribution in [0.4, 0.5) is 0 Å². The molecule has 1 aromatic carbocycles. The van der Waals surface area contributed by atoms with E-state index in [0.29, 0.717) is 6.54 Å². The van der Waals surface area contributed by atoms with Gasteiger partial charge in [-0.15, -0.1) is 0 Å². The minimum atomic E-state index is -0.225. The molecule has 1 aromatic rings.